The van der Waals surface area contributed by atoms with Crippen molar-refractivity contribution in [1.29, 1.82) is 0 Å². The minimum atomic E-state index is -0.219. The predicted octanol–water partition coefficient (Wildman–Crippen LogP) is 3.29. The Morgan fingerprint density at radius 2 is 2.00 bits per heavy atom. The summed E-state index contributed by atoms with van der Waals surface area (Å²) in [7, 11) is 0. The first-order valence-electron chi connectivity index (χ1n) is 7.53. The predicted molar refractivity (Wildman–Crippen MR) is 84.5 cm³/mol. The number of rotatable bonds is 3. The zero-order valence-electron chi connectivity index (χ0n) is 12.0. The smallest absolute Gasteiger partial charge is 0.272 e. The van der Waals surface area contributed by atoms with E-state index in [1.807, 2.05) is 30.8 Å². The molecule has 1 aliphatic rings. The van der Waals surface area contributed by atoms with Gasteiger partial charge in [-0.15, -0.1) is 0 Å². The third kappa shape index (κ3) is 3.15. The molecule has 4 nitrogen and oxygen atoms in total. The summed E-state index contributed by atoms with van der Waals surface area (Å²) in [6.45, 7) is 1.91. The van der Waals surface area contributed by atoms with E-state index >= 15 is 0 Å². The number of amides is 1. The van der Waals surface area contributed by atoms with Crippen LogP contribution in [-0.2, 0) is 0 Å². The normalized spacial score (nSPS) is 16.0. The molecule has 0 aliphatic heterocycles. The van der Waals surface area contributed by atoms with Gasteiger partial charge in [-0.2, -0.15) is 0 Å². The Hall–Kier alpha value is -2.10. The van der Waals surface area contributed by atoms with Gasteiger partial charge in [-0.3, -0.25) is 4.79 Å². The van der Waals surface area contributed by atoms with Crippen LogP contribution >= 0.6 is 0 Å². The molecule has 0 unspecified atom stereocenters. The number of nitrogens with two attached hydrogens (primary N) is 1. The number of fused-ring (bicyclic) bond motifs is 1. The maximum absolute atomic E-state index is 12.3. The van der Waals surface area contributed by atoms with Crippen molar-refractivity contribution in [3.05, 3.63) is 42.6 Å². The van der Waals surface area contributed by atoms with Gasteiger partial charge in [-0.1, -0.05) is 37.5 Å². The van der Waals surface area contributed by atoms with Crippen molar-refractivity contribution in [2.45, 2.75) is 32.1 Å². The number of nitrogen functional groups attached to an aromatic ring is 1. The van der Waals surface area contributed by atoms with E-state index in [1.165, 1.54) is 19.3 Å². The minimum Gasteiger partial charge on any atom is -0.397 e. The van der Waals surface area contributed by atoms with Gasteiger partial charge in [0.05, 0.1) is 17.7 Å². The van der Waals surface area contributed by atoms with Crippen molar-refractivity contribution in [2.75, 3.05) is 5.73 Å². The molecule has 1 heterocycles. The average Bonchev–Trinajstić information content (AvgIpc) is 2.53. The summed E-state index contributed by atoms with van der Waals surface area (Å²) in [5, 5.41) is 3.81. The van der Waals surface area contributed by atoms with Gasteiger partial charge in [0.15, 0.2) is 5.69 Å². The number of benzene rings is 1. The van der Waals surface area contributed by atoms with Crippen LogP contribution in [0.4, 0.5) is 5.69 Å². The van der Waals surface area contributed by atoms with Gasteiger partial charge >= 0.3 is 0 Å². The zero-order chi connectivity index (χ0) is 14.7. The Balaban J connectivity index is 1.73. The number of carbonyl (C=O) groups is 1. The van der Waals surface area contributed by atoms with E-state index in [-0.39, 0.29) is 5.91 Å². The lowest BCUT2D eigenvalue weighted by atomic mass is 9.89. The molecular weight excluding hydrogens is 262 g/mol. The highest BCUT2D eigenvalue weighted by atomic mass is 16.1. The fourth-order valence-electron chi connectivity index (χ4n) is 2.88. The second-order valence-electron chi connectivity index (χ2n) is 5.66. The van der Waals surface area contributed by atoms with Crippen LogP contribution in [0.2, 0.25) is 0 Å². The second-order valence-corrected chi connectivity index (χ2v) is 5.66. The molecule has 0 bridgehead atoms. The standard InChI is InChI=1S/C17H20N3O/c18-14-10-13-8-4-5-9-15(13)20-16(14)17(21)19-11-12-6-2-1-3-7-12/h4-5,8-12H,1-3,6-7,18H2,(H,19,21). The molecular formula is C17H20N3O. The molecule has 3 N–H and O–H groups in total. The lowest BCUT2D eigenvalue weighted by molar-refractivity contribution is 0.0954. The van der Waals surface area contributed by atoms with E-state index in [4.69, 9.17) is 5.73 Å². The molecule has 1 fully saturated rings. The summed E-state index contributed by atoms with van der Waals surface area (Å²) in [5.74, 6) is 0.258. The van der Waals surface area contributed by atoms with Gasteiger partial charge in [0, 0.05) is 5.39 Å². The number of hydrogen-bond acceptors (Lipinski definition) is 3. The number of nitrogens with one attached hydrogen (secondary N) is 1. The highest BCUT2D eigenvalue weighted by Crippen LogP contribution is 2.25. The van der Waals surface area contributed by atoms with Gasteiger partial charge in [0.2, 0.25) is 0 Å². The molecule has 21 heavy (non-hydrogen) atoms. The topological polar surface area (TPSA) is 68.0 Å². The van der Waals surface area contributed by atoms with Crippen molar-refractivity contribution in [2.24, 2.45) is 5.92 Å². The number of nitrogens with zero attached hydrogens (tertiary/aromatic N) is 1. The van der Waals surface area contributed by atoms with Gasteiger partial charge in [-0.05, 0) is 30.9 Å². The maximum Gasteiger partial charge on any atom is 0.272 e. The van der Waals surface area contributed by atoms with Crippen LogP contribution in [0, 0.1) is 12.5 Å². The molecule has 1 saturated carbocycles. The molecule has 0 atom stereocenters. The SMILES string of the molecule is Nc1cc2ccccc2nc1C(=O)N[CH]C1CCCCC1. The number of hydrogen-bond donors (Lipinski definition) is 2. The maximum atomic E-state index is 12.3. The summed E-state index contributed by atoms with van der Waals surface area (Å²) < 4.78 is 0. The van der Waals surface area contributed by atoms with E-state index in [1.54, 1.807) is 6.07 Å². The Bertz CT molecular complexity index is 648. The molecule has 1 aromatic heterocycles. The third-order valence-electron chi connectivity index (χ3n) is 4.07. The lowest BCUT2D eigenvalue weighted by Crippen LogP contribution is -2.27. The summed E-state index contributed by atoms with van der Waals surface area (Å²) in [5.41, 5.74) is 7.47. The molecule has 109 valence electrons. The highest BCUT2D eigenvalue weighted by molar-refractivity contribution is 6.00. The van der Waals surface area contributed by atoms with Crippen LogP contribution in [-0.4, -0.2) is 10.9 Å². The number of para-hydroxylation sites is 1. The quantitative estimate of drug-likeness (QED) is 0.907. The molecule has 0 saturated heterocycles. The molecule has 0 spiro atoms. The number of pyridine rings is 1. The lowest BCUT2D eigenvalue weighted by Gasteiger charge is -2.21. The molecule has 1 aliphatic carbocycles. The van der Waals surface area contributed by atoms with Crippen molar-refractivity contribution in [3.63, 3.8) is 0 Å². The summed E-state index contributed by atoms with van der Waals surface area (Å²) in [4.78, 5) is 16.6. The highest BCUT2D eigenvalue weighted by Gasteiger charge is 2.17. The summed E-state index contributed by atoms with van der Waals surface area (Å²) in [6, 6.07) is 9.46. The molecule has 2 aromatic rings. The molecule has 1 radical (unpaired) electrons. The zero-order valence-corrected chi connectivity index (χ0v) is 12.0. The Morgan fingerprint density at radius 1 is 1.24 bits per heavy atom. The largest absolute Gasteiger partial charge is 0.397 e. The van der Waals surface area contributed by atoms with Crippen LogP contribution in [0.15, 0.2) is 30.3 Å². The van der Waals surface area contributed by atoms with Crippen molar-refractivity contribution in [3.8, 4) is 0 Å². The van der Waals surface area contributed by atoms with Crippen LogP contribution in [0.1, 0.15) is 42.6 Å². The molecule has 1 amide bonds. The van der Waals surface area contributed by atoms with E-state index in [0.717, 1.165) is 23.7 Å². The number of aromatic nitrogens is 1. The van der Waals surface area contributed by atoms with Gasteiger partial charge in [0.25, 0.3) is 5.91 Å². The van der Waals surface area contributed by atoms with Crippen LogP contribution < -0.4 is 11.1 Å². The molecule has 3 rings (SSSR count). The fourth-order valence-corrected chi connectivity index (χ4v) is 2.88. The van der Waals surface area contributed by atoms with Gasteiger partial charge in [0.1, 0.15) is 0 Å². The van der Waals surface area contributed by atoms with Gasteiger partial charge in [-0.25, -0.2) is 4.98 Å². The molecule has 1 aromatic carbocycles. The van der Waals surface area contributed by atoms with Crippen LogP contribution in [0.5, 0.6) is 0 Å². The first-order chi connectivity index (χ1) is 10.2. The first-order valence-corrected chi connectivity index (χ1v) is 7.53. The minimum absolute atomic E-state index is 0.219. The number of anilines is 1. The average molecular weight is 282 g/mol. The Morgan fingerprint density at radius 3 is 2.81 bits per heavy atom. The van der Waals surface area contributed by atoms with Crippen LogP contribution in [0.3, 0.4) is 0 Å². The van der Waals surface area contributed by atoms with E-state index in [0.29, 0.717) is 17.3 Å². The van der Waals surface area contributed by atoms with E-state index in [2.05, 4.69) is 10.3 Å². The van der Waals surface area contributed by atoms with Crippen molar-refractivity contribution >= 4 is 22.5 Å². The van der Waals surface area contributed by atoms with Crippen molar-refractivity contribution < 1.29 is 4.79 Å². The van der Waals surface area contributed by atoms with E-state index in [9.17, 15) is 4.79 Å². The Labute approximate surface area is 124 Å². The monoisotopic (exact) mass is 282 g/mol. The van der Waals surface area contributed by atoms with E-state index < -0.39 is 0 Å². The second kappa shape index (κ2) is 6.12. The van der Waals surface area contributed by atoms with Crippen LogP contribution in [0.25, 0.3) is 10.9 Å². The third-order valence-corrected chi connectivity index (χ3v) is 4.07. The fraction of sp³-hybridized carbons (Fsp3) is 0.353. The molecule has 4 heteroatoms. The summed E-state index contributed by atoms with van der Waals surface area (Å²) in [6.07, 6.45) is 6.10. The Kier molecular flexibility index (Phi) is 4.04. The first kappa shape index (κ1) is 13.9. The van der Waals surface area contributed by atoms with Crippen molar-refractivity contribution in [1.82, 2.24) is 10.3 Å². The number of carbonyl (C=O) groups excluding carboxylic acids is 1. The summed E-state index contributed by atoms with van der Waals surface area (Å²) >= 11 is 0. The van der Waals surface area contributed by atoms with Gasteiger partial charge < -0.3 is 11.1 Å².